The number of aryl methyl sites for hydroxylation is 1. The number of fused-ring (bicyclic) bond motifs is 1. The average Bonchev–Trinajstić information content (AvgIpc) is 2.55. The fourth-order valence-electron chi connectivity index (χ4n) is 2.93. The summed E-state index contributed by atoms with van der Waals surface area (Å²) >= 11 is 0. The van der Waals surface area contributed by atoms with Crippen molar-refractivity contribution in [3.63, 3.8) is 0 Å². The number of benzene rings is 1. The maximum Gasteiger partial charge on any atom is 0.152 e. The van der Waals surface area contributed by atoms with Crippen LogP contribution < -0.4 is 5.32 Å². The van der Waals surface area contributed by atoms with Crippen molar-refractivity contribution >= 4 is 9.84 Å². The van der Waals surface area contributed by atoms with Crippen molar-refractivity contribution in [3.05, 3.63) is 35.4 Å². The zero-order chi connectivity index (χ0) is 13.9. The molecule has 0 bridgehead atoms. The molecule has 19 heavy (non-hydrogen) atoms. The first kappa shape index (κ1) is 14.5. The first-order valence-corrected chi connectivity index (χ1v) is 8.99. The Morgan fingerprint density at radius 1 is 1.32 bits per heavy atom. The first-order chi connectivity index (χ1) is 9.04. The van der Waals surface area contributed by atoms with Gasteiger partial charge in [-0.1, -0.05) is 31.2 Å². The van der Waals surface area contributed by atoms with Crippen LogP contribution in [0.2, 0.25) is 0 Å². The molecule has 1 aromatic carbocycles. The number of rotatable bonds is 4. The van der Waals surface area contributed by atoms with Crippen molar-refractivity contribution < 1.29 is 8.42 Å². The van der Waals surface area contributed by atoms with Crippen LogP contribution in [0.25, 0.3) is 0 Å². The molecule has 1 aliphatic carbocycles. The smallest absolute Gasteiger partial charge is 0.152 e. The Morgan fingerprint density at radius 3 is 2.74 bits per heavy atom. The molecule has 0 radical (unpaired) electrons. The predicted octanol–water partition coefficient (Wildman–Crippen LogP) is 2.48. The van der Waals surface area contributed by atoms with Crippen LogP contribution in [0.15, 0.2) is 24.3 Å². The second-order valence-corrected chi connectivity index (χ2v) is 7.66. The van der Waals surface area contributed by atoms with E-state index in [1.807, 2.05) is 12.1 Å². The van der Waals surface area contributed by atoms with E-state index >= 15 is 0 Å². The fraction of sp³-hybridized carbons (Fsp3) is 0.600. The third-order valence-electron chi connectivity index (χ3n) is 3.86. The van der Waals surface area contributed by atoms with Crippen LogP contribution >= 0.6 is 0 Å². The van der Waals surface area contributed by atoms with Gasteiger partial charge >= 0.3 is 0 Å². The van der Waals surface area contributed by atoms with Crippen LogP contribution in [0.3, 0.4) is 0 Å². The maximum atomic E-state index is 12.1. The monoisotopic (exact) mass is 281 g/mol. The molecule has 0 aromatic heterocycles. The molecular weight excluding hydrogens is 258 g/mol. The summed E-state index contributed by atoms with van der Waals surface area (Å²) < 4.78 is 24.2. The number of hydrogen-bond donors (Lipinski definition) is 1. The lowest BCUT2D eigenvalue weighted by molar-refractivity contribution is 0.475. The van der Waals surface area contributed by atoms with E-state index in [0.29, 0.717) is 0 Å². The maximum absolute atomic E-state index is 12.1. The SMILES string of the molecule is CCCNC1c2ccccc2CCCC1S(C)(=O)=O. The highest BCUT2D eigenvalue weighted by Gasteiger charge is 2.33. The fourth-order valence-corrected chi connectivity index (χ4v) is 4.26. The van der Waals surface area contributed by atoms with Gasteiger partial charge in [0.1, 0.15) is 0 Å². The van der Waals surface area contributed by atoms with Gasteiger partial charge < -0.3 is 5.32 Å². The number of hydrogen-bond acceptors (Lipinski definition) is 3. The average molecular weight is 281 g/mol. The van der Waals surface area contributed by atoms with Crippen molar-refractivity contribution in [2.45, 2.75) is 43.9 Å². The van der Waals surface area contributed by atoms with E-state index in [1.165, 1.54) is 17.4 Å². The van der Waals surface area contributed by atoms with Crippen molar-refractivity contribution in [2.75, 3.05) is 12.8 Å². The highest BCUT2D eigenvalue weighted by molar-refractivity contribution is 7.91. The van der Waals surface area contributed by atoms with Crippen LogP contribution in [-0.2, 0) is 16.3 Å². The van der Waals surface area contributed by atoms with E-state index < -0.39 is 9.84 Å². The summed E-state index contributed by atoms with van der Waals surface area (Å²) in [7, 11) is -3.03. The van der Waals surface area contributed by atoms with E-state index in [1.54, 1.807) is 0 Å². The Morgan fingerprint density at radius 2 is 2.05 bits per heavy atom. The zero-order valence-corrected chi connectivity index (χ0v) is 12.5. The molecule has 0 heterocycles. The molecule has 0 spiro atoms. The largest absolute Gasteiger partial charge is 0.309 e. The van der Waals surface area contributed by atoms with Crippen LogP contribution in [0.1, 0.15) is 43.4 Å². The Bertz CT molecular complexity index is 525. The molecule has 3 nitrogen and oxygen atoms in total. The van der Waals surface area contributed by atoms with Crippen molar-refractivity contribution in [3.8, 4) is 0 Å². The summed E-state index contributed by atoms with van der Waals surface area (Å²) in [5.74, 6) is 0. The van der Waals surface area contributed by atoms with Crippen LogP contribution in [0.5, 0.6) is 0 Å². The zero-order valence-electron chi connectivity index (χ0n) is 11.7. The lowest BCUT2D eigenvalue weighted by Crippen LogP contribution is -2.37. The predicted molar refractivity (Wildman–Crippen MR) is 79.0 cm³/mol. The molecule has 4 heteroatoms. The topological polar surface area (TPSA) is 46.2 Å². The molecule has 2 unspecified atom stereocenters. The normalized spacial score (nSPS) is 23.7. The van der Waals surface area contributed by atoms with Gasteiger partial charge in [0, 0.05) is 12.3 Å². The van der Waals surface area contributed by atoms with Crippen LogP contribution in [0, 0.1) is 0 Å². The minimum absolute atomic E-state index is 0.0614. The quantitative estimate of drug-likeness (QED) is 0.862. The second kappa shape index (κ2) is 6.06. The van der Waals surface area contributed by atoms with Gasteiger partial charge in [-0.05, 0) is 43.4 Å². The lowest BCUT2D eigenvalue weighted by Gasteiger charge is -2.26. The van der Waals surface area contributed by atoms with Crippen LogP contribution in [-0.4, -0.2) is 26.5 Å². The van der Waals surface area contributed by atoms with Crippen LogP contribution in [0.4, 0.5) is 0 Å². The molecule has 1 N–H and O–H groups in total. The Balaban J connectivity index is 2.41. The molecule has 0 amide bonds. The Hall–Kier alpha value is -0.870. The van der Waals surface area contributed by atoms with Gasteiger partial charge in [0.2, 0.25) is 0 Å². The summed E-state index contributed by atoms with van der Waals surface area (Å²) in [6.07, 6.45) is 5.04. The number of sulfone groups is 1. The highest BCUT2D eigenvalue weighted by atomic mass is 32.2. The Labute approximate surface area is 116 Å². The first-order valence-electron chi connectivity index (χ1n) is 7.04. The summed E-state index contributed by atoms with van der Waals surface area (Å²) in [5, 5.41) is 3.14. The Kier molecular flexibility index (Phi) is 4.63. The second-order valence-electron chi connectivity index (χ2n) is 5.39. The van der Waals surface area contributed by atoms with Crippen molar-refractivity contribution in [1.29, 1.82) is 0 Å². The minimum Gasteiger partial charge on any atom is -0.309 e. The molecule has 0 saturated carbocycles. The molecule has 0 fully saturated rings. The molecule has 1 aromatic rings. The highest BCUT2D eigenvalue weighted by Crippen LogP contribution is 2.32. The van der Waals surface area contributed by atoms with Gasteiger partial charge in [0.25, 0.3) is 0 Å². The summed E-state index contributed by atoms with van der Waals surface area (Å²) in [5.41, 5.74) is 2.46. The summed E-state index contributed by atoms with van der Waals surface area (Å²) in [6, 6.07) is 8.18. The van der Waals surface area contributed by atoms with Gasteiger partial charge in [0.05, 0.1) is 5.25 Å². The van der Waals surface area contributed by atoms with Gasteiger partial charge in [0.15, 0.2) is 9.84 Å². The van der Waals surface area contributed by atoms with Crippen molar-refractivity contribution in [2.24, 2.45) is 0 Å². The van der Waals surface area contributed by atoms with E-state index in [9.17, 15) is 8.42 Å². The third kappa shape index (κ3) is 3.37. The molecule has 1 aliphatic rings. The van der Waals surface area contributed by atoms with Gasteiger partial charge in [-0.25, -0.2) is 8.42 Å². The van der Waals surface area contributed by atoms with E-state index in [4.69, 9.17) is 0 Å². The molecule has 106 valence electrons. The molecule has 0 aliphatic heterocycles. The molecule has 0 saturated heterocycles. The van der Waals surface area contributed by atoms with E-state index in [2.05, 4.69) is 24.4 Å². The van der Waals surface area contributed by atoms with Crippen molar-refractivity contribution in [1.82, 2.24) is 5.32 Å². The third-order valence-corrected chi connectivity index (χ3v) is 5.47. The van der Waals surface area contributed by atoms with Gasteiger partial charge in [-0.2, -0.15) is 0 Å². The molecular formula is C15H23NO2S. The molecule has 2 rings (SSSR count). The van der Waals surface area contributed by atoms with Gasteiger partial charge in [-0.15, -0.1) is 0 Å². The number of nitrogens with one attached hydrogen (secondary N) is 1. The summed E-state index contributed by atoms with van der Waals surface area (Å²) in [6.45, 7) is 2.95. The van der Waals surface area contributed by atoms with E-state index in [0.717, 1.165) is 32.2 Å². The summed E-state index contributed by atoms with van der Waals surface area (Å²) in [4.78, 5) is 0. The lowest BCUT2D eigenvalue weighted by atomic mass is 9.99. The van der Waals surface area contributed by atoms with E-state index in [-0.39, 0.29) is 11.3 Å². The minimum atomic E-state index is -3.03. The molecule has 2 atom stereocenters. The van der Waals surface area contributed by atoms with Gasteiger partial charge in [-0.3, -0.25) is 0 Å². The standard InChI is InChI=1S/C15H23NO2S/c1-3-11-16-15-13-9-5-4-7-12(13)8-6-10-14(15)19(2,17)18/h4-5,7,9,14-16H,3,6,8,10-11H2,1-2H3.